The molecule has 0 N–H and O–H groups in total. The minimum atomic E-state index is 0.419. The van der Waals surface area contributed by atoms with Gasteiger partial charge in [-0.2, -0.15) is 0 Å². The van der Waals surface area contributed by atoms with Gasteiger partial charge in [-0.1, -0.05) is 69.4 Å². The Morgan fingerprint density at radius 1 is 0.842 bits per heavy atom. The third-order valence-corrected chi connectivity index (χ3v) is 3.66. The molecule has 106 valence electrons. The molecule has 0 saturated carbocycles. The number of aryl methyl sites for hydroxylation is 1. The summed E-state index contributed by atoms with van der Waals surface area (Å²) in [6, 6.07) is 10.7. The van der Waals surface area contributed by atoms with Crippen molar-refractivity contribution in [2.45, 2.75) is 71.1 Å². The molecule has 0 spiro atoms. The number of carbonyl (C=O) groups excluding carboxylic acids is 1. The minimum Gasteiger partial charge on any atom is -0.300 e. The van der Waals surface area contributed by atoms with Crippen molar-refractivity contribution in [3.63, 3.8) is 0 Å². The van der Waals surface area contributed by atoms with Crippen LogP contribution in [-0.4, -0.2) is 5.78 Å². The third-order valence-electron chi connectivity index (χ3n) is 3.66. The topological polar surface area (TPSA) is 17.1 Å². The fourth-order valence-electron chi connectivity index (χ4n) is 2.36. The predicted molar refractivity (Wildman–Crippen MR) is 82.4 cm³/mol. The average Bonchev–Trinajstić information content (AvgIpc) is 2.46. The molecule has 0 radical (unpaired) electrons. The van der Waals surface area contributed by atoms with Gasteiger partial charge in [0.15, 0.2) is 0 Å². The summed E-state index contributed by atoms with van der Waals surface area (Å²) in [5.41, 5.74) is 1.46. The summed E-state index contributed by atoms with van der Waals surface area (Å²) in [6.07, 6.45) is 11.6. The van der Waals surface area contributed by atoms with Crippen LogP contribution in [-0.2, 0) is 11.2 Å². The number of carbonyl (C=O) groups is 1. The molecule has 0 fully saturated rings. The van der Waals surface area contributed by atoms with E-state index >= 15 is 0 Å². The molecule has 1 nitrogen and oxygen atoms in total. The lowest BCUT2D eigenvalue weighted by Gasteiger charge is -2.02. The molecule has 1 aromatic carbocycles. The maximum Gasteiger partial charge on any atom is 0.132 e. The van der Waals surface area contributed by atoms with Crippen molar-refractivity contribution in [1.29, 1.82) is 0 Å². The van der Waals surface area contributed by atoms with Crippen molar-refractivity contribution in [3.8, 4) is 0 Å². The third kappa shape index (κ3) is 8.58. The Hall–Kier alpha value is -1.11. The van der Waals surface area contributed by atoms with E-state index < -0.39 is 0 Å². The van der Waals surface area contributed by atoms with Crippen LogP contribution < -0.4 is 0 Å². The van der Waals surface area contributed by atoms with Gasteiger partial charge in [-0.05, 0) is 24.8 Å². The van der Waals surface area contributed by atoms with Crippen LogP contribution in [0, 0.1) is 0 Å². The molecule has 0 heterocycles. The molecule has 0 aliphatic heterocycles. The van der Waals surface area contributed by atoms with Gasteiger partial charge in [0.2, 0.25) is 0 Å². The number of ketones is 1. The van der Waals surface area contributed by atoms with E-state index in [1.54, 1.807) is 0 Å². The van der Waals surface area contributed by atoms with Crippen molar-refractivity contribution in [3.05, 3.63) is 35.9 Å². The normalized spacial score (nSPS) is 10.6. The SMILES string of the molecule is CCC(=O)CCCCCCCCCc1ccccc1. The Morgan fingerprint density at radius 3 is 2.05 bits per heavy atom. The standard InChI is InChI=1S/C18H28O/c1-2-18(19)16-12-7-5-3-4-6-9-13-17-14-10-8-11-15-17/h8,10-11,14-15H,2-7,9,12-13,16H2,1H3. The summed E-state index contributed by atoms with van der Waals surface area (Å²) in [4.78, 5) is 11.1. The number of unbranched alkanes of at least 4 members (excludes halogenated alkanes) is 6. The van der Waals surface area contributed by atoms with E-state index in [1.165, 1.54) is 50.5 Å². The summed E-state index contributed by atoms with van der Waals surface area (Å²) in [6.45, 7) is 1.95. The largest absolute Gasteiger partial charge is 0.300 e. The second-order valence-corrected chi connectivity index (χ2v) is 5.35. The van der Waals surface area contributed by atoms with E-state index in [0.29, 0.717) is 12.2 Å². The Kier molecular flexibility index (Phi) is 9.05. The predicted octanol–water partition coefficient (Wildman–Crippen LogP) is 5.33. The Labute approximate surface area is 118 Å². The van der Waals surface area contributed by atoms with Gasteiger partial charge in [-0.3, -0.25) is 4.79 Å². The molecule has 0 saturated heterocycles. The van der Waals surface area contributed by atoms with Crippen molar-refractivity contribution in [2.75, 3.05) is 0 Å². The number of hydrogen-bond donors (Lipinski definition) is 0. The van der Waals surface area contributed by atoms with Gasteiger partial charge in [0.1, 0.15) is 5.78 Å². The van der Waals surface area contributed by atoms with Crippen LogP contribution in [0.5, 0.6) is 0 Å². The molecular formula is C18H28O. The van der Waals surface area contributed by atoms with Crippen molar-refractivity contribution in [2.24, 2.45) is 0 Å². The van der Waals surface area contributed by atoms with Gasteiger partial charge in [0.05, 0.1) is 0 Å². The summed E-state index contributed by atoms with van der Waals surface area (Å²) >= 11 is 0. The number of benzene rings is 1. The smallest absolute Gasteiger partial charge is 0.132 e. The van der Waals surface area contributed by atoms with E-state index in [-0.39, 0.29) is 0 Å². The molecule has 0 aliphatic carbocycles. The molecule has 19 heavy (non-hydrogen) atoms. The zero-order valence-corrected chi connectivity index (χ0v) is 12.4. The maximum atomic E-state index is 11.1. The van der Waals surface area contributed by atoms with E-state index in [0.717, 1.165) is 12.8 Å². The van der Waals surface area contributed by atoms with Crippen LogP contribution in [0.3, 0.4) is 0 Å². The summed E-state index contributed by atoms with van der Waals surface area (Å²) < 4.78 is 0. The fourth-order valence-corrected chi connectivity index (χ4v) is 2.36. The number of hydrogen-bond acceptors (Lipinski definition) is 1. The lowest BCUT2D eigenvalue weighted by molar-refractivity contribution is -0.118. The average molecular weight is 260 g/mol. The highest BCUT2D eigenvalue weighted by molar-refractivity contribution is 5.77. The summed E-state index contributed by atoms with van der Waals surface area (Å²) in [5.74, 6) is 0.419. The Balaban J connectivity index is 1.85. The maximum absolute atomic E-state index is 11.1. The van der Waals surface area contributed by atoms with Crippen LogP contribution in [0.4, 0.5) is 0 Å². The first-order valence-electron chi connectivity index (χ1n) is 7.88. The van der Waals surface area contributed by atoms with E-state index in [1.807, 2.05) is 6.92 Å². The van der Waals surface area contributed by atoms with Gasteiger partial charge in [-0.25, -0.2) is 0 Å². The minimum absolute atomic E-state index is 0.419. The summed E-state index contributed by atoms with van der Waals surface area (Å²) in [7, 11) is 0. The molecule has 0 unspecified atom stereocenters. The van der Waals surface area contributed by atoms with Crippen LogP contribution in [0.15, 0.2) is 30.3 Å². The van der Waals surface area contributed by atoms with Crippen molar-refractivity contribution in [1.82, 2.24) is 0 Å². The van der Waals surface area contributed by atoms with Gasteiger partial charge >= 0.3 is 0 Å². The van der Waals surface area contributed by atoms with Crippen molar-refractivity contribution >= 4 is 5.78 Å². The molecule has 1 heteroatoms. The first kappa shape index (κ1) is 15.9. The van der Waals surface area contributed by atoms with E-state index in [4.69, 9.17) is 0 Å². The first-order chi connectivity index (χ1) is 9.33. The second-order valence-electron chi connectivity index (χ2n) is 5.35. The van der Waals surface area contributed by atoms with Crippen LogP contribution in [0.1, 0.15) is 70.3 Å². The van der Waals surface area contributed by atoms with Gasteiger partial charge in [0.25, 0.3) is 0 Å². The highest BCUT2D eigenvalue weighted by Gasteiger charge is 1.98. The molecular weight excluding hydrogens is 232 g/mol. The Morgan fingerprint density at radius 2 is 1.42 bits per heavy atom. The van der Waals surface area contributed by atoms with Gasteiger partial charge in [0, 0.05) is 12.8 Å². The molecule has 1 aromatic rings. The Bertz CT molecular complexity index is 329. The van der Waals surface area contributed by atoms with Crippen LogP contribution in [0.25, 0.3) is 0 Å². The lowest BCUT2D eigenvalue weighted by atomic mass is 10.0. The monoisotopic (exact) mass is 260 g/mol. The second kappa shape index (κ2) is 10.8. The van der Waals surface area contributed by atoms with E-state index in [2.05, 4.69) is 30.3 Å². The van der Waals surface area contributed by atoms with Gasteiger partial charge in [-0.15, -0.1) is 0 Å². The molecule has 0 aliphatic rings. The molecule has 0 amide bonds. The summed E-state index contributed by atoms with van der Waals surface area (Å²) in [5, 5.41) is 0. The molecule has 0 aromatic heterocycles. The molecule has 0 bridgehead atoms. The highest BCUT2D eigenvalue weighted by Crippen LogP contribution is 2.11. The zero-order chi connectivity index (χ0) is 13.8. The zero-order valence-electron chi connectivity index (χ0n) is 12.4. The molecule has 0 atom stereocenters. The quantitative estimate of drug-likeness (QED) is 0.491. The number of Topliss-reactive ketones (excluding diaryl/α,β-unsaturated/α-hetero) is 1. The fraction of sp³-hybridized carbons (Fsp3) is 0.611. The van der Waals surface area contributed by atoms with E-state index in [9.17, 15) is 4.79 Å². The first-order valence-corrected chi connectivity index (χ1v) is 7.88. The van der Waals surface area contributed by atoms with Crippen LogP contribution in [0.2, 0.25) is 0 Å². The van der Waals surface area contributed by atoms with Crippen molar-refractivity contribution < 1.29 is 4.79 Å². The van der Waals surface area contributed by atoms with Gasteiger partial charge < -0.3 is 0 Å². The highest BCUT2D eigenvalue weighted by atomic mass is 16.1. The lowest BCUT2D eigenvalue weighted by Crippen LogP contribution is -1.94. The van der Waals surface area contributed by atoms with Crippen LogP contribution >= 0.6 is 0 Å². The molecule has 1 rings (SSSR count). The number of rotatable bonds is 11.